The molecule has 4 aromatic heterocycles. The lowest BCUT2D eigenvalue weighted by molar-refractivity contribution is 1.23. The molecular formula is C48H26N4S2. The lowest BCUT2D eigenvalue weighted by Crippen LogP contribution is -1.92. The third kappa shape index (κ3) is 4.48. The summed E-state index contributed by atoms with van der Waals surface area (Å²) in [6.45, 7) is 0. The third-order valence-electron chi connectivity index (χ3n) is 10.8. The molecule has 0 N–H and O–H groups in total. The summed E-state index contributed by atoms with van der Waals surface area (Å²) in [6, 6.07) is 51.9. The van der Waals surface area contributed by atoms with Crippen LogP contribution in [0.3, 0.4) is 0 Å². The molecule has 0 amide bonds. The number of hydrogen-bond acceptors (Lipinski definition) is 6. The molecule has 4 nitrogen and oxygen atoms in total. The first-order valence-electron chi connectivity index (χ1n) is 17.9. The van der Waals surface area contributed by atoms with E-state index in [-0.39, 0.29) is 0 Å². The van der Waals surface area contributed by atoms with Gasteiger partial charge in [-0.25, -0.2) is 19.9 Å². The van der Waals surface area contributed by atoms with Crippen LogP contribution in [-0.2, 0) is 0 Å². The minimum Gasteiger partial charge on any atom is -0.244 e. The van der Waals surface area contributed by atoms with Crippen LogP contribution in [0.4, 0.5) is 0 Å². The maximum Gasteiger partial charge on any atom is 0.142 e. The predicted molar refractivity (Wildman–Crippen MR) is 228 cm³/mol. The van der Waals surface area contributed by atoms with Crippen LogP contribution < -0.4 is 0 Å². The fourth-order valence-corrected chi connectivity index (χ4v) is 9.92. The van der Waals surface area contributed by atoms with Gasteiger partial charge in [-0.2, -0.15) is 0 Å². The van der Waals surface area contributed by atoms with Crippen LogP contribution in [-0.4, -0.2) is 19.9 Å². The molecule has 250 valence electrons. The Morgan fingerprint density at radius 3 is 1.07 bits per heavy atom. The summed E-state index contributed by atoms with van der Waals surface area (Å²) in [4.78, 5) is 20.4. The van der Waals surface area contributed by atoms with Crippen LogP contribution in [0.2, 0.25) is 0 Å². The molecular weight excluding hydrogens is 697 g/mol. The minimum absolute atomic E-state index is 0.803. The van der Waals surface area contributed by atoms with Gasteiger partial charge < -0.3 is 0 Å². The molecule has 6 heteroatoms. The van der Waals surface area contributed by atoms with Gasteiger partial charge in [-0.3, -0.25) is 0 Å². The van der Waals surface area contributed by atoms with Crippen LogP contribution in [0, 0.1) is 0 Å². The number of nitrogens with zero attached hydrogens (tertiary/aromatic N) is 4. The standard InChI is InChI=1S/C48H26N4S2/c1-5-27-13-15-31-17-21-33(35-23-19-29(7-1)43(27)45(31)35)41-25-53-47(51-41)39-11-3-9-37(49-39)38-10-4-12-40(50-38)48-52-42(26-54-48)34-22-18-32-16-14-28-6-2-8-30-20-24-36(34)46(32)44(28)30/h1-26H. The first kappa shape index (κ1) is 29.9. The van der Waals surface area contributed by atoms with E-state index in [2.05, 4.69) is 120 Å². The van der Waals surface area contributed by atoms with Crippen LogP contribution in [0.25, 0.3) is 120 Å². The average Bonchev–Trinajstić information content (AvgIpc) is 3.94. The van der Waals surface area contributed by atoms with E-state index in [9.17, 15) is 0 Å². The van der Waals surface area contributed by atoms with E-state index in [4.69, 9.17) is 19.9 Å². The predicted octanol–water partition coefficient (Wildman–Crippen LogP) is 13.5. The molecule has 0 aliphatic heterocycles. The molecule has 0 saturated carbocycles. The van der Waals surface area contributed by atoms with E-state index in [1.807, 2.05) is 36.4 Å². The summed E-state index contributed by atoms with van der Waals surface area (Å²) < 4.78 is 0. The zero-order chi connectivity index (χ0) is 35.3. The molecule has 4 heterocycles. The Morgan fingerprint density at radius 2 is 0.630 bits per heavy atom. The largest absolute Gasteiger partial charge is 0.244 e. The van der Waals surface area contributed by atoms with Crippen LogP contribution in [0.5, 0.6) is 0 Å². The number of thiazole rings is 2. The van der Waals surface area contributed by atoms with Gasteiger partial charge in [0.05, 0.1) is 34.2 Å². The summed E-state index contributed by atoms with van der Waals surface area (Å²) in [6.07, 6.45) is 0. The van der Waals surface area contributed by atoms with Crippen LogP contribution >= 0.6 is 22.7 Å². The topological polar surface area (TPSA) is 51.6 Å². The highest BCUT2D eigenvalue weighted by molar-refractivity contribution is 7.13. The van der Waals surface area contributed by atoms with Crippen molar-refractivity contribution in [3.05, 3.63) is 156 Å². The zero-order valence-corrected chi connectivity index (χ0v) is 30.2. The molecule has 54 heavy (non-hydrogen) atoms. The van der Waals surface area contributed by atoms with Crippen molar-refractivity contribution in [2.24, 2.45) is 0 Å². The SMILES string of the molecule is c1cc(-c2cccc(-c3nc(-c4ccc5ccc6cccc7ccc4c5c67)cs3)n2)nc(-c2nc(-c3ccc4ccc5cccc6ccc3c4c56)cs2)c1. The van der Waals surface area contributed by atoms with Crippen molar-refractivity contribution in [3.8, 4) is 55.3 Å². The Kier molecular flexibility index (Phi) is 6.34. The van der Waals surface area contributed by atoms with E-state index in [0.717, 1.165) is 55.3 Å². The summed E-state index contributed by atoms with van der Waals surface area (Å²) in [5.41, 5.74) is 7.47. The second-order valence-corrected chi connectivity index (χ2v) is 15.5. The van der Waals surface area contributed by atoms with Gasteiger partial charge in [-0.1, -0.05) is 121 Å². The zero-order valence-electron chi connectivity index (χ0n) is 28.6. The van der Waals surface area contributed by atoms with Crippen molar-refractivity contribution in [3.63, 3.8) is 0 Å². The van der Waals surface area contributed by atoms with Crippen molar-refractivity contribution in [2.75, 3.05) is 0 Å². The molecule has 12 rings (SSSR count). The first-order valence-corrected chi connectivity index (χ1v) is 19.7. The first-order chi connectivity index (χ1) is 26.7. The average molecular weight is 723 g/mol. The highest BCUT2D eigenvalue weighted by Gasteiger charge is 2.18. The highest BCUT2D eigenvalue weighted by atomic mass is 32.1. The quantitative estimate of drug-likeness (QED) is 0.166. The smallest absolute Gasteiger partial charge is 0.142 e. The molecule has 0 radical (unpaired) electrons. The van der Waals surface area contributed by atoms with Crippen molar-refractivity contribution >= 4 is 87.3 Å². The number of hydrogen-bond donors (Lipinski definition) is 0. The molecule has 12 aromatic rings. The van der Waals surface area contributed by atoms with Gasteiger partial charge in [0.25, 0.3) is 0 Å². The van der Waals surface area contributed by atoms with Gasteiger partial charge in [-0.15, -0.1) is 22.7 Å². The molecule has 0 atom stereocenters. The van der Waals surface area contributed by atoms with Gasteiger partial charge in [0.2, 0.25) is 0 Å². The van der Waals surface area contributed by atoms with Crippen LogP contribution in [0.1, 0.15) is 0 Å². The van der Waals surface area contributed by atoms with E-state index in [1.54, 1.807) is 22.7 Å². The van der Waals surface area contributed by atoms with Crippen molar-refractivity contribution in [1.82, 2.24) is 19.9 Å². The van der Waals surface area contributed by atoms with Crippen LogP contribution in [0.15, 0.2) is 156 Å². The van der Waals surface area contributed by atoms with Gasteiger partial charge in [0.1, 0.15) is 10.0 Å². The molecule has 0 unspecified atom stereocenters. The lowest BCUT2D eigenvalue weighted by Gasteiger charge is -2.13. The van der Waals surface area contributed by atoms with E-state index in [1.165, 1.54) is 64.6 Å². The Balaban J connectivity index is 0.882. The fourth-order valence-electron chi connectivity index (χ4n) is 8.34. The molecule has 0 fully saturated rings. The van der Waals surface area contributed by atoms with Crippen molar-refractivity contribution in [1.29, 1.82) is 0 Å². The van der Waals surface area contributed by atoms with E-state index < -0.39 is 0 Å². The van der Waals surface area contributed by atoms with Gasteiger partial charge in [0.15, 0.2) is 0 Å². The number of pyridine rings is 2. The Morgan fingerprint density at radius 1 is 0.278 bits per heavy atom. The number of benzene rings is 8. The highest BCUT2D eigenvalue weighted by Crippen LogP contribution is 2.42. The summed E-state index contributed by atoms with van der Waals surface area (Å²) in [7, 11) is 0. The van der Waals surface area contributed by atoms with E-state index in [0.29, 0.717) is 0 Å². The molecule has 8 aromatic carbocycles. The van der Waals surface area contributed by atoms with Gasteiger partial charge in [-0.05, 0) is 88.9 Å². The fraction of sp³-hybridized carbons (Fsp3) is 0. The Hall–Kier alpha value is -6.60. The van der Waals surface area contributed by atoms with Gasteiger partial charge >= 0.3 is 0 Å². The lowest BCUT2D eigenvalue weighted by atomic mass is 9.91. The number of aromatic nitrogens is 4. The molecule has 0 spiro atoms. The minimum atomic E-state index is 0.803. The summed E-state index contributed by atoms with van der Waals surface area (Å²) >= 11 is 3.24. The maximum atomic E-state index is 5.14. The van der Waals surface area contributed by atoms with Gasteiger partial charge in [0, 0.05) is 21.9 Å². The molecule has 0 aliphatic rings. The molecule has 0 saturated heterocycles. The monoisotopic (exact) mass is 722 g/mol. The second-order valence-electron chi connectivity index (χ2n) is 13.8. The molecule has 0 bridgehead atoms. The van der Waals surface area contributed by atoms with Crippen molar-refractivity contribution in [2.45, 2.75) is 0 Å². The summed E-state index contributed by atoms with van der Waals surface area (Å²) in [5.74, 6) is 0. The normalized spacial score (nSPS) is 12.1. The third-order valence-corrected chi connectivity index (χ3v) is 12.5. The van der Waals surface area contributed by atoms with E-state index >= 15 is 0 Å². The molecule has 0 aliphatic carbocycles. The Bertz CT molecular complexity index is 3150. The summed E-state index contributed by atoms with van der Waals surface area (Å²) in [5, 5.41) is 21.3. The number of rotatable bonds is 5. The maximum absolute atomic E-state index is 5.14. The Labute approximate surface area is 317 Å². The van der Waals surface area contributed by atoms with Crippen molar-refractivity contribution < 1.29 is 0 Å². The second kappa shape index (κ2) is 11.4.